The van der Waals surface area contributed by atoms with Gasteiger partial charge in [0.2, 0.25) is 0 Å². The van der Waals surface area contributed by atoms with E-state index in [1.807, 2.05) is 62.6 Å². The number of methoxy groups -OCH3 is 1. The van der Waals surface area contributed by atoms with Crippen LogP contribution in [-0.4, -0.2) is 24.9 Å². The van der Waals surface area contributed by atoms with E-state index in [2.05, 4.69) is 5.32 Å². The molecule has 1 heterocycles. The summed E-state index contributed by atoms with van der Waals surface area (Å²) in [7, 11) is 1.64. The molecular formula is C20H23NO3S. The summed E-state index contributed by atoms with van der Waals surface area (Å²) in [6.07, 6.45) is 2.67. The molecule has 0 saturated heterocycles. The summed E-state index contributed by atoms with van der Waals surface area (Å²) in [5.74, 6) is 1.48. The van der Waals surface area contributed by atoms with Crippen LogP contribution in [0.1, 0.15) is 42.2 Å². The Hall–Kier alpha value is -2.14. The number of carbonyl (C=O) groups excluding carboxylic acids is 1. The molecule has 1 amide bonds. The van der Waals surface area contributed by atoms with Gasteiger partial charge in [-0.25, -0.2) is 0 Å². The largest absolute Gasteiger partial charge is 0.497 e. The van der Waals surface area contributed by atoms with Crippen LogP contribution in [-0.2, 0) is 0 Å². The maximum Gasteiger partial charge on any atom is 0.252 e. The molecule has 1 aliphatic heterocycles. The molecule has 5 heteroatoms. The van der Waals surface area contributed by atoms with Gasteiger partial charge >= 0.3 is 0 Å². The molecule has 2 aromatic carbocycles. The maximum absolute atomic E-state index is 12.9. The van der Waals surface area contributed by atoms with E-state index in [1.165, 1.54) is 0 Å². The molecule has 1 N–H and O–H groups in total. The molecular weight excluding hydrogens is 334 g/mol. The molecule has 25 heavy (non-hydrogen) atoms. The minimum Gasteiger partial charge on any atom is -0.497 e. The Labute approximate surface area is 152 Å². The van der Waals surface area contributed by atoms with E-state index in [0.717, 1.165) is 22.0 Å². The number of thioether (sulfide) groups is 1. The molecule has 0 bridgehead atoms. The first-order valence-electron chi connectivity index (χ1n) is 8.24. The van der Waals surface area contributed by atoms with Crippen molar-refractivity contribution in [3.63, 3.8) is 0 Å². The number of hydrogen-bond donors (Lipinski definition) is 1. The Morgan fingerprint density at radius 2 is 2.04 bits per heavy atom. The van der Waals surface area contributed by atoms with Crippen LogP contribution >= 0.6 is 11.8 Å². The van der Waals surface area contributed by atoms with Gasteiger partial charge in [-0.1, -0.05) is 12.1 Å². The molecule has 0 spiro atoms. The van der Waals surface area contributed by atoms with Gasteiger partial charge in [0.05, 0.1) is 18.7 Å². The van der Waals surface area contributed by atoms with Gasteiger partial charge in [-0.3, -0.25) is 4.79 Å². The molecule has 0 unspecified atom stereocenters. The van der Waals surface area contributed by atoms with E-state index in [1.54, 1.807) is 18.9 Å². The van der Waals surface area contributed by atoms with Crippen molar-refractivity contribution in [3.05, 3.63) is 53.6 Å². The zero-order valence-electron chi connectivity index (χ0n) is 15.0. The number of amides is 1. The Morgan fingerprint density at radius 1 is 1.28 bits per heavy atom. The van der Waals surface area contributed by atoms with Crippen LogP contribution in [0.4, 0.5) is 0 Å². The molecule has 4 nitrogen and oxygen atoms in total. The average molecular weight is 357 g/mol. The summed E-state index contributed by atoms with van der Waals surface area (Å²) in [6.45, 7) is 4.07. The van der Waals surface area contributed by atoms with E-state index in [-0.39, 0.29) is 17.6 Å². The third kappa shape index (κ3) is 3.76. The van der Waals surface area contributed by atoms with Crippen LogP contribution in [0.2, 0.25) is 0 Å². The molecule has 1 aliphatic rings. The average Bonchev–Trinajstić information content (AvgIpc) is 2.60. The quantitative estimate of drug-likeness (QED) is 0.821. The Bertz CT molecular complexity index is 788. The minimum atomic E-state index is -0.349. The Kier molecular flexibility index (Phi) is 4.95. The van der Waals surface area contributed by atoms with Gasteiger partial charge < -0.3 is 14.8 Å². The third-order valence-corrected chi connectivity index (χ3v) is 5.13. The van der Waals surface area contributed by atoms with Crippen molar-refractivity contribution < 1.29 is 14.3 Å². The molecule has 0 saturated carbocycles. The summed E-state index contributed by atoms with van der Waals surface area (Å²) in [4.78, 5) is 13.8. The fraction of sp³-hybridized carbons (Fsp3) is 0.350. The zero-order valence-corrected chi connectivity index (χ0v) is 15.8. The lowest BCUT2D eigenvalue weighted by Gasteiger charge is -2.38. The van der Waals surface area contributed by atoms with Gasteiger partial charge in [0.15, 0.2) is 0 Å². The van der Waals surface area contributed by atoms with Crippen molar-refractivity contribution in [1.82, 2.24) is 5.32 Å². The van der Waals surface area contributed by atoms with Gasteiger partial charge in [0, 0.05) is 16.9 Å². The van der Waals surface area contributed by atoms with Crippen LogP contribution in [0.15, 0.2) is 47.4 Å². The van der Waals surface area contributed by atoms with Crippen LogP contribution in [0.3, 0.4) is 0 Å². The SMILES string of the molecule is COc1ccc2c(c1)[C@H](NC(=O)c1ccccc1SC)CC(C)(C)O2. The second kappa shape index (κ2) is 7.00. The molecule has 0 fully saturated rings. The highest BCUT2D eigenvalue weighted by molar-refractivity contribution is 7.98. The predicted octanol–water partition coefficient (Wildman–Crippen LogP) is 4.45. The van der Waals surface area contributed by atoms with Crippen molar-refractivity contribution in [2.75, 3.05) is 13.4 Å². The monoisotopic (exact) mass is 357 g/mol. The van der Waals surface area contributed by atoms with Crippen LogP contribution in [0.5, 0.6) is 11.5 Å². The summed E-state index contributed by atoms with van der Waals surface area (Å²) >= 11 is 1.57. The second-order valence-corrected chi connectivity index (χ2v) is 7.54. The highest BCUT2D eigenvalue weighted by atomic mass is 32.2. The smallest absolute Gasteiger partial charge is 0.252 e. The number of hydrogen-bond acceptors (Lipinski definition) is 4. The lowest BCUT2D eigenvalue weighted by atomic mass is 9.89. The lowest BCUT2D eigenvalue weighted by Crippen LogP contribution is -2.41. The number of carbonyl (C=O) groups is 1. The molecule has 132 valence electrons. The van der Waals surface area contributed by atoms with Crippen molar-refractivity contribution >= 4 is 17.7 Å². The highest BCUT2D eigenvalue weighted by Gasteiger charge is 2.35. The van der Waals surface area contributed by atoms with Gasteiger partial charge in [0.1, 0.15) is 17.1 Å². The number of benzene rings is 2. The minimum absolute atomic E-state index is 0.0681. The Balaban J connectivity index is 1.93. The van der Waals surface area contributed by atoms with Crippen molar-refractivity contribution in [1.29, 1.82) is 0 Å². The summed E-state index contributed by atoms with van der Waals surface area (Å²) in [6, 6.07) is 13.3. The maximum atomic E-state index is 12.9. The summed E-state index contributed by atoms with van der Waals surface area (Å²) in [5.41, 5.74) is 1.30. The number of rotatable bonds is 4. The van der Waals surface area contributed by atoms with E-state index < -0.39 is 0 Å². The first kappa shape index (κ1) is 17.7. The molecule has 1 atom stereocenters. The summed E-state index contributed by atoms with van der Waals surface area (Å²) < 4.78 is 11.4. The molecule has 0 aromatic heterocycles. The molecule has 0 aliphatic carbocycles. The fourth-order valence-corrected chi connectivity index (χ4v) is 3.75. The predicted molar refractivity (Wildman–Crippen MR) is 101 cm³/mol. The lowest BCUT2D eigenvalue weighted by molar-refractivity contribution is 0.0617. The molecule has 3 rings (SSSR count). The second-order valence-electron chi connectivity index (χ2n) is 6.70. The standard InChI is InChI=1S/C20H23NO3S/c1-20(2)12-16(15-11-13(23-3)9-10-17(15)24-20)21-19(22)14-7-5-6-8-18(14)25-4/h5-11,16H,12H2,1-4H3,(H,21,22)/t16-/m1/s1. The van der Waals surface area contributed by atoms with E-state index in [4.69, 9.17) is 9.47 Å². The molecule has 2 aromatic rings. The highest BCUT2D eigenvalue weighted by Crippen LogP contribution is 2.41. The van der Waals surface area contributed by atoms with Crippen LogP contribution in [0.25, 0.3) is 0 Å². The van der Waals surface area contributed by atoms with Crippen molar-refractivity contribution in [2.45, 2.75) is 36.8 Å². The van der Waals surface area contributed by atoms with Crippen molar-refractivity contribution in [2.24, 2.45) is 0 Å². The van der Waals surface area contributed by atoms with Crippen LogP contribution in [0, 0.1) is 0 Å². The van der Waals surface area contributed by atoms with E-state index >= 15 is 0 Å². The van der Waals surface area contributed by atoms with E-state index in [0.29, 0.717) is 12.0 Å². The zero-order chi connectivity index (χ0) is 18.0. The fourth-order valence-electron chi connectivity index (χ4n) is 3.16. The Morgan fingerprint density at radius 3 is 2.76 bits per heavy atom. The number of nitrogens with one attached hydrogen (secondary N) is 1. The van der Waals surface area contributed by atoms with E-state index in [9.17, 15) is 4.79 Å². The third-order valence-electron chi connectivity index (χ3n) is 4.33. The first-order chi connectivity index (χ1) is 11.9. The van der Waals surface area contributed by atoms with Crippen LogP contribution < -0.4 is 14.8 Å². The van der Waals surface area contributed by atoms with Gasteiger partial charge in [-0.05, 0) is 50.4 Å². The van der Waals surface area contributed by atoms with Crippen molar-refractivity contribution in [3.8, 4) is 11.5 Å². The first-order valence-corrected chi connectivity index (χ1v) is 9.47. The summed E-state index contributed by atoms with van der Waals surface area (Å²) in [5, 5.41) is 3.19. The van der Waals surface area contributed by atoms with Gasteiger partial charge in [0.25, 0.3) is 5.91 Å². The topological polar surface area (TPSA) is 47.6 Å². The normalized spacial score (nSPS) is 18.0. The number of fused-ring (bicyclic) bond motifs is 1. The van der Waals surface area contributed by atoms with Gasteiger partial charge in [-0.2, -0.15) is 0 Å². The molecule has 0 radical (unpaired) electrons. The van der Waals surface area contributed by atoms with Gasteiger partial charge in [-0.15, -0.1) is 11.8 Å². The number of ether oxygens (including phenoxy) is 2.